The van der Waals surface area contributed by atoms with Gasteiger partial charge in [-0.2, -0.15) is 0 Å². The van der Waals surface area contributed by atoms with E-state index in [1.165, 1.54) is 0 Å². The molecule has 114 valence electrons. The summed E-state index contributed by atoms with van der Waals surface area (Å²) in [5, 5.41) is 0. The van der Waals surface area contributed by atoms with Crippen LogP contribution < -0.4 is 10.6 Å². The first-order valence-corrected chi connectivity index (χ1v) is 7.42. The van der Waals surface area contributed by atoms with Gasteiger partial charge in [0.1, 0.15) is 0 Å². The molecule has 1 aromatic heterocycles. The molecule has 1 aliphatic rings. The highest BCUT2D eigenvalue weighted by atomic mass is 16.5. The smallest absolute Gasteiger partial charge is 0.205 e. The lowest BCUT2D eigenvalue weighted by Gasteiger charge is -2.33. The molecule has 0 bridgehead atoms. The van der Waals surface area contributed by atoms with E-state index in [1.54, 1.807) is 0 Å². The Bertz CT molecular complexity index is 408. The SMILES string of the molecule is CCOCCCn1cc(C)nc1N1CCOC(CN)C1. The third-order valence-corrected chi connectivity index (χ3v) is 3.45. The quantitative estimate of drug-likeness (QED) is 0.749. The fourth-order valence-electron chi connectivity index (χ4n) is 2.48. The maximum absolute atomic E-state index is 5.70. The van der Waals surface area contributed by atoms with E-state index < -0.39 is 0 Å². The highest BCUT2D eigenvalue weighted by Gasteiger charge is 2.22. The van der Waals surface area contributed by atoms with Crippen LogP contribution in [0.1, 0.15) is 19.0 Å². The molecule has 2 heterocycles. The van der Waals surface area contributed by atoms with Crippen molar-refractivity contribution >= 4 is 5.95 Å². The zero-order valence-corrected chi connectivity index (χ0v) is 12.5. The van der Waals surface area contributed by atoms with E-state index in [4.69, 9.17) is 15.2 Å². The molecular formula is C14H26N4O2. The summed E-state index contributed by atoms with van der Waals surface area (Å²) in [6.07, 6.45) is 3.22. The van der Waals surface area contributed by atoms with Crippen LogP contribution in [0.3, 0.4) is 0 Å². The highest BCUT2D eigenvalue weighted by molar-refractivity contribution is 5.34. The highest BCUT2D eigenvalue weighted by Crippen LogP contribution is 2.18. The molecule has 0 spiro atoms. The van der Waals surface area contributed by atoms with Gasteiger partial charge in [-0.15, -0.1) is 0 Å². The lowest BCUT2D eigenvalue weighted by atomic mass is 10.3. The van der Waals surface area contributed by atoms with Crippen molar-refractivity contribution in [2.45, 2.75) is 32.9 Å². The average Bonchev–Trinajstić information content (AvgIpc) is 2.85. The van der Waals surface area contributed by atoms with Crippen molar-refractivity contribution in [1.82, 2.24) is 9.55 Å². The van der Waals surface area contributed by atoms with Gasteiger partial charge in [-0.3, -0.25) is 0 Å². The Kier molecular flexibility index (Phi) is 5.82. The summed E-state index contributed by atoms with van der Waals surface area (Å²) in [6, 6.07) is 0. The van der Waals surface area contributed by atoms with Gasteiger partial charge >= 0.3 is 0 Å². The van der Waals surface area contributed by atoms with Crippen LogP contribution in [0.25, 0.3) is 0 Å². The monoisotopic (exact) mass is 282 g/mol. The summed E-state index contributed by atoms with van der Waals surface area (Å²) in [6.45, 7) is 9.51. The minimum Gasteiger partial charge on any atom is -0.382 e. The molecule has 0 amide bonds. The second kappa shape index (κ2) is 7.61. The van der Waals surface area contributed by atoms with Crippen LogP contribution in [0, 0.1) is 6.92 Å². The molecule has 1 saturated heterocycles. The molecule has 1 fully saturated rings. The van der Waals surface area contributed by atoms with Crippen LogP contribution in [-0.2, 0) is 16.0 Å². The summed E-state index contributed by atoms with van der Waals surface area (Å²) in [7, 11) is 0. The minimum atomic E-state index is 0.109. The second-order valence-electron chi connectivity index (χ2n) is 5.10. The molecule has 1 aliphatic heterocycles. The van der Waals surface area contributed by atoms with Crippen molar-refractivity contribution in [3.8, 4) is 0 Å². The topological polar surface area (TPSA) is 65.5 Å². The summed E-state index contributed by atoms with van der Waals surface area (Å²) in [5.41, 5.74) is 6.75. The van der Waals surface area contributed by atoms with Gasteiger partial charge < -0.3 is 24.7 Å². The lowest BCUT2D eigenvalue weighted by Crippen LogP contribution is -2.46. The second-order valence-corrected chi connectivity index (χ2v) is 5.10. The number of nitrogens with zero attached hydrogens (tertiary/aromatic N) is 3. The molecule has 6 nitrogen and oxygen atoms in total. The van der Waals surface area contributed by atoms with E-state index in [0.29, 0.717) is 13.2 Å². The number of rotatable bonds is 7. The zero-order chi connectivity index (χ0) is 14.4. The molecule has 1 atom stereocenters. The van der Waals surface area contributed by atoms with Crippen molar-refractivity contribution < 1.29 is 9.47 Å². The number of anilines is 1. The summed E-state index contributed by atoms with van der Waals surface area (Å²) in [4.78, 5) is 6.93. The van der Waals surface area contributed by atoms with Crippen molar-refractivity contribution in [3.63, 3.8) is 0 Å². The Balaban J connectivity index is 1.99. The lowest BCUT2D eigenvalue weighted by molar-refractivity contribution is 0.0457. The molecule has 0 radical (unpaired) electrons. The Labute approximate surface area is 120 Å². The maximum atomic E-state index is 5.70. The Hall–Kier alpha value is -1.11. The van der Waals surface area contributed by atoms with E-state index in [1.807, 2.05) is 13.8 Å². The molecular weight excluding hydrogens is 256 g/mol. The van der Waals surface area contributed by atoms with Gasteiger partial charge in [-0.25, -0.2) is 4.98 Å². The number of aromatic nitrogens is 2. The van der Waals surface area contributed by atoms with Crippen molar-refractivity contribution in [2.24, 2.45) is 5.73 Å². The molecule has 1 unspecified atom stereocenters. The largest absolute Gasteiger partial charge is 0.382 e. The number of nitrogens with two attached hydrogens (primary N) is 1. The maximum Gasteiger partial charge on any atom is 0.205 e. The molecule has 1 aromatic rings. The number of aryl methyl sites for hydroxylation is 2. The van der Waals surface area contributed by atoms with Gasteiger partial charge in [0, 0.05) is 45.6 Å². The van der Waals surface area contributed by atoms with Gasteiger partial charge in [-0.05, 0) is 20.3 Å². The first kappa shape index (κ1) is 15.3. The van der Waals surface area contributed by atoms with E-state index in [2.05, 4.69) is 20.6 Å². The van der Waals surface area contributed by atoms with Crippen LogP contribution in [-0.4, -0.2) is 55.1 Å². The summed E-state index contributed by atoms with van der Waals surface area (Å²) < 4.78 is 13.2. The van der Waals surface area contributed by atoms with Crippen LogP contribution in [0.2, 0.25) is 0 Å². The summed E-state index contributed by atoms with van der Waals surface area (Å²) in [5.74, 6) is 1.03. The van der Waals surface area contributed by atoms with E-state index in [9.17, 15) is 0 Å². The van der Waals surface area contributed by atoms with Crippen molar-refractivity contribution in [2.75, 3.05) is 44.4 Å². The van der Waals surface area contributed by atoms with Crippen LogP contribution >= 0.6 is 0 Å². The third-order valence-electron chi connectivity index (χ3n) is 3.45. The normalized spacial score (nSPS) is 19.6. The Morgan fingerprint density at radius 1 is 1.55 bits per heavy atom. The number of imidazole rings is 1. The van der Waals surface area contributed by atoms with Gasteiger partial charge in [0.05, 0.1) is 18.4 Å². The number of hydrogen-bond donors (Lipinski definition) is 1. The van der Waals surface area contributed by atoms with Crippen molar-refractivity contribution in [1.29, 1.82) is 0 Å². The molecule has 6 heteroatoms. The standard InChI is InChI=1S/C14H26N4O2/c1-3-19-7-4-5-17-10-12(2)16-14(17)18-6-8-20-13(9-15)11-18/h10,13H,3-9,11,15H2,1-2H3. The van der Waals surface area contributed by atoms with Gasteiger partial charge in [0.25, 0.3) is 0 Å². The predicted molar refractivity (Wildman–Crippen MR) is 79.1 cm³/mol. The average molecular weight is 282 g/mol. The number of ether oxygens (including phenoxy) is 2. The minimum absolute atomic E-state index is 0.109. The first-order valence-electron chi connectivity index (χ1n) is 7.42. The third kappa shape index (κ3) is 3.94. The Morgan fingerprint density at radius 2 is 2.40 bits per heavy atom. The van der Waals surface area contributed by atoms with Crippen LogP contribution in [0.15, 0.2) is 6.20 Å². The van der Waals surface area contributed by atoms with E-state index >= 15 is 0 Å². The van der Waals surface area contributed by atoms with E-state index in [0.717, 1.165) is 50.9 Å². The van der Waals surface area contributed by atoms with E-state index in [-0.39, 0.29) is 6.10 Å². The van der Waals surface area contributed by atoms with Gasteiger partial charge in [0.15, 0.2) is 0 Å². The number of hydrogen-bond acceptors (Lipinski definition) is 5. The number of morpholine rings is 1. The summed E-state index contributed by atoms with van der Waals surface area (Å²) >= 11 is 0. The predicted octanol–water partition coefficient (Wildman–Crippen LogP) is 0.782. The van der Waals surface area contributed by atoms with Gasteiger partial charge in [0.2, 0.25) is 5.95 Å². The molecule has 0 saturated carbocycles. The molecule has 0 aromatic carbocycles. The van der Waals surface area contributed by atoms with Gasteiger partial charge in [-0.1, -0.05) is 0 Å². The zero-order valence-electron chi connectivity index (χ0n) is 12.5. The van der Waals surface area contributed by atoms with Crippen LogP contribution in [0.4, 0.5) is 5.95 Å². The molecule has 0 aliphatic carbocycles. The fraction of sp³-hybridized carbons (Fsp3) is 0.786. The molecule has 2 N–H and O–H groups in total. The first-order chi connectivity index (χ1) is 9.74. The fourth-order valence-corrected chi connectivity index (χ4v) is 2.48. The van der Waals surface area contributed by atoms with Crippen LogP contribution in [0.5, 0.6) is 0 Å². The Morgan fingerprint density at radius 3 is 3.15 bits per heavy atom. The molecule has 20 heavy (non-hydrogen) atoms. The van der Waals surface area contributed by atoms with Crippen molar-refractivity contribution in [3.05, 3.63) is 11.9 Å². The molecule has 2 rings (SSSR count).